The molecule has 5 aliphatic carbocycles. The Hall–Kier alpha value is -5.20. The standard InChI is InChI=1S/C54H46/c1-53(2)45-29-35-21-13-11-19-33(35)23-39(45)49-41-25-38(32-17-9-6-10-18-32)28-44-48(41)47-42(26-37(27-43(47)51(49)53)31-15-7-5-8-16-31)50-40-24-34-20-12-14-22-36(34)30-46(40)54(3,4)52(44)50/h5-13,15-21,23,25-29,34,36,50,52H,14,22,24,30H2,1-4H3. The lowest BCUT2D eigenvalue weighted by Gasteiger charge is -2.40. The number of hydrogen-bond acceptors (Lipinski definition) is 0. The highest BCUT2D eigenvalue weighted by Crippen LogP contribution is 2.70. The van der Waals surface area contributed by atoms with Gasteiger partial charge in [0, 0.05) is 17.3 Å². The SMILES string of the molecule is CC1(C)c2cc3ccccc3cc2-c2c1c1cc(-c3ccccc3)cc3c1c1c(cc(-c4ccccc4)cc21)C1C3C2=C(CC3CCC=CC3C2)C1(C)C. The maximum absolute atomic E-state index is 2.65. The summed E-state index contributed by atoms with van der Waals surface area (Å²) >= 11 is 0. The molecule has 0 N–H and O–H groups in total. The molecule has 0 bridgehead atoms. The molecule has 0 amide bonds. The molecule has 0 radical (unpaired) electrons. The maximum Gasteiger partial charge on any atom is 0.0165 e. The second-order valence-corrected chi connectivity index (χ2v) is 18.3. The van der Waals surface area contributed by atoms with E-state index in [2.05, 4.69) is 161 Å². The van der Waals surface area contributed by atoms with Gasteiger partial charge in [0.05, 0.1) is 0 Å². The average Bonchev–Trinajstić information content (AvgIpc) is 3.58. The van der Waals surface area contributed by atoms with E-state index in [4.69, 9.17) is 0 Å². The van der Waals surface area contributed by atoms with Crippen molar-refractivity contribution in [2.24, 2.45) is 17.3 Å². The van der Waals surface area contributed by atoms with Crippen molar-refractivity contribution in [3.05, 3.63) is 167 Å². The molecular weight excluding hydrogens is 649 g/mol. The van der Waals surface area contributed by atoms with Gasteiger partial charge in [0.2, 0.25) is 0 Å². The Morgan fingerprint density at radius 2 is 1.22 bits per heavy atom. The minimum atomic E-state index is -0.167. The molecule has 0 saturated carbocycles. The van der Waals surface area contributed by atoms with E-state index in [1.165, 1.54) is 103 Å². The van der Waals surface area contributed by atoms with Gasteiger partial charge >= 0.3 is 0 Å². The molecule has 54 heavy (non-hydrogen) atoms. The number of rotatable bonds is 2. The number of allylic oxidation sites excluding steroid dienone is 4. The van der Waals surface area contributed by atoms with Gasteiger partial charge in [0.25, 0.3) is 0 Å². The van der Waals surface area contributed by atoms with E-state index in [0.29, 0.717) is 17.8 Å². The van der Waals surface area contributed by atoms with Gasteiger partial charge in [-0.05, 0) is 161 Å². The zero-order valence-corrected chi connectivity index (χ0v) is 31.8. The van der Waals surface area contributed by atoms with Gasteiger partial charge in [0.1, 0.15) is 0 Å². The fourth-order valence-corrected chi connectivity index (χ4v) is 12.6. The Kier molecular flexibility index (Phi) is 6.19. The monoisotopic (exact) mass is 694 g/mol. The van der Waals surface area contributed by atoms with E-state index in [9.17, 15) is 0 Å². The molecule has 0 fully saturated rings. The van der Waals surface area contributed by atoms with Crippen LogP contribution in [-0.2, 0) is 5.41 Å². The van der Waals surface area contributed by atoms with Gasteiger partial charge in [-0.2, -0.15) is 0 Å². The van der Waals surface area contributed by atoms with Gasteiger partial charge in [-0.15, -0.1) is 0 Å². The molecule has 0 aromatic heterocycles. The van der Waals surface area contributed by atoms with Crippen LogP contribution in [-0.4, -0.2) is 0 Å². The molecule has 4 unspecified atom stereocenters. The predicted octanol–water partition coefficient (Wildman–Crippen LogP) is 14.7. The topological polar surface area (TPSA) is 0 Å². The van der Waals surface area contributed by atoms with E-state index in [1.54, 1.807) is 22.3 Å². The number of fused-ring (bicyclic) bond motifs is 11. The number of benzene rings is 7. The van der Waals surface area contributed by atoms with Crippen molar-refractivity contribution in [1.29, 1.82) is 0 Å². The minimum Gasteiger partial charge on any atom is -0.0882 e. The quantitative estimate of drug-likeness (QED) is 0.125. The van der Waals surface area contributed by atoms with Crippen molar-refractivity contribution in [2.45, 2.75) is 70.6 Å². The fraction of sp³-hybridized carbons (Fsp3) is 0.259. The molecule has 0 spiro atoms. The van der Waals surface area contributed by atoms with Crippen molar-refractivity contribution in [3.63, 3.8) is 0 Å². The van der Waals surface area contributed by atoms with Gasteiger partial charge < -0.3 is 0 Å². The van der Waals surface area contributed by atoms with E-state index in [0.717, 1.165) is 5.92 Å². The van der Waals surface area contributed by atoms with Crippen LogP contribution in [0.15, 0.2) is 145 Å². The van der Waals surface area contributed by atoms with Crippen LogP contribution in [0.1, 0.15) is 87.5 Å². The van der Waals surface area contributed by atoms with Crippen LogP contribution in [0, 0.1) is 17.3 Å². The summed E-state index contributed by atoms with van der Waals surface area (Å²) in [5, 5.41) is 8.60. The lowest BCUT2D eigenvalue weighted by molar-refractivity contribution is 0.297. The van der Waals surface area contributed by atoms with Crippen LogP contribution < -0.4 is 0 Å². The van der Waals surface area contributed by atoms with Gasteiger partial charge in [-0.1, -0.05) is 142 Å². The first kappa shape index (κ1) is 31.2. The second kappa shape index (κ2) is 10.7. The summed E-state index contributed by atoms with van der Waals surface area (Å²) < 4.78 is 0. The molecule has 0 saturated heterocycles. The third-order valence-electron chi connectivity index (χ3n) is 15.0. The summed E-state index contributed by atoms with van der Waals surface area (Å²) in [4.78, 5) is 0. The molecule has 0 aliphatic heterocycles. The Bertz CT molecular complexity index is 2820. The maximum atomic E-state index is 2.65. The van der Waals surface area contributed by atoms with Crippen LogP contribution in [0.3, 0.4) is 0 Å². The van der Waals surface area contributed by atoms with E-state index < -0.39 is 0 Å². The molecule has 5 aliphatic rings. The first-order valence-corrected chi connectivity index (χ1v) is 20.4. The Morgan fingerprint density at radius 3 is 1.94 bits per heavy atom. The molecule has 12 rings (SSSR count). The highest BCUT2D eigenvalue weighted by Gasteiger charge is 2.55. The summed E-state index contributed by atoms with van der Waals surface area (Å²) in [6.07, 6.45) is 10.1. The smallest absolute Gasteiger partial charge is 0.0165 e. The van der Waals surface area contributed by atoms with Gasteiger partial charge in [-0.25, -0.2) is 0 Å². The normalized spacial score (nSPS) is 23.8. The molecule has 7 aromatic rings. The van der Waals surface area contributed by atoms with Crippen molar-refractivity contribution in [2.75, 3.05) is 0 Å². The largest absolute Gasteiger partial charge is 0.0882 e. The summed E-state index contributed by atoms with van der Waals surface area (Å²) in [5.74, 6) is 2.21. The highest BCUT2D eigenvalue weighted by atomic mass is 14.6. The van der Waals surface area contributed by atoms with Crippen LogP contribution in [0.2, 0.25) is 0 Å². The fourth-order valence-electron chi connectivity index (χ4n) is 12.6. The van der Waals surface area contributed by atoms with Crippen LogP contribution in [0.5, 0.6) is 0 Å². The van der Waals surface area contributed by atoms with Crippen molar-refractivity contribution >= 4 is 32.3 Å². The third-order valence-corrected chi connectivity index (χ3v) is 15.0. The summed E-state index contributed by atoms with van der Waals surface area (Å²) in [6.45, 7) is 10.2. The number of hydrogen-bond donors (Lipinski definition) is 0. The summed E-state index contributed by atoms with van der Waals surface area (Å²) in [6, 6.07) is 46.9. The second-order valence-electron chi connectivity index (χ2n) is 18.3. The zero-order chi connectivity index (χ0) is 36.1. The highest BCUT2D eigenvalue weighted by molar-refractivity contribution is 6.23. The van der Waals surface area contributed by atoms with Crippen molar-refractivity contribution in [1.82, 2.24) is 0 Å². The van der Waals surface area contributed by atoms with Crippen LogP contribution in [0.25, 0.3) is 65.7 Å². The minimum absolute atomic E-state index is 0.0630. The average molecular weight is 695 g/mol. The van der Waals surface area contributed by atoms with Crippen molar-refractivity contribution < 1.29 is 0 Å². The molecule has 262 valence electrons. The molecular formula is C54H46. The summed E-state index contributed by atoms with van der Waals surface area (Å²) in [7, 11) is 0. The Morgan fingerprint density at radius 1 is 0.593 bits per heavy atom. The van der Waals surface area contributed by atoms with Crippen LogP contribution >= 0.6 is 0 Å². The van der Waals surface area contributed by atoms with Gasteiger partial charge in [0.15, 0.2) is 0 Å². The summed E-state index contributed by atoms with van der Waals surface area (Å²) in [5.41, 5.74) is 17.8. The van der Waals surface area contributed by atoms with E-state index in [-0.39, 0.29) is 10.8 Å². The third kappa shape index (κ3) is 3.99. The molecule has 0 nitrogen and oxygen atoms in total. The molecule has 7 aromatic carbocycles. The van der Waals surface area contributed by atoms with Gasteiger partial charge in [-0.3, -0.25) is 0 Å². The lowest BCUT2D eigenvalue weighted by Crippen LogP contribution is -2.27. The van der Waals surface area contributed by atoms with E-state index in [1.807, 2.05) is 0 Å². The van der Waals surface area contributed by atoms with Crippen LogP contribution in [0.4, 0.5) is 0 Å². The Balaban J connectivity index is 1.27. The van der Waals surface area contributed by atoms with Crippen molar-refractivity contribution in [3.8, 4) is 33.4 Å². The molecule has 4 atom stereocenters. The zero-order valence-electron chi connectivity index (χ0n) is 31.8. The Labute approximate surface area is 319 Å². The predicted molar refractivity (Wildman–Crippen MR) is 228 cm³/mol. The van der Waals surface area contributed by atoms with E-state index >= 15 is 0 Å². The first-order valence-electron chi connectivity index (χ1n) is 20.4. The first-order chi connectivity index (χ1) is 26.3. The molecule has 0 heteroatoms. The molecule has 0 heterocycles. The lowest BCUT2D eigenvalue weighted by atomic mass is 9.63.